The third kappa shape index (κ3) is 1.89. The fourth-order valence-corrected chi connectivity index (χ4v) is 2.25. The van der Waals surface area contributed by atoms with Crippen molar-refractivity contribution in [2.24, 2.45) is 5.73 Å². The van der Waals surface area contributed by atoms with Gasteiger partial charge in [-0.1, -0.05) is 18.2 Å². The van der Waals surface area contributed by atoms with Crippen LogP contribution in [0.2, 0.25) is 0 Å². The molecule has 2 aromatic heterocycles. The summed E-state index contributed by atoms with van der Waals surface area (Å²) in [6.45, 7) is 0.332. The van der Waals surface area contributed by atoms with E-state index in [1.54, 1.807) is 0 Å². The Hall–Kier alpha value is -1.79. The molecule has 5 nitrogen and oxygen atoms in total. The minimum atomic E-state index is 0.332. The molecule has 3 aromatic rings. The molecule has 0 saturated heterocycles. The number of aromatic amines is 1. The lowest BCUT2D eigenvalue weighted by Crippen LogP contribution is -1.98. The molecule has 0 aliphatic rings. The minimum absolute atomic E-state index is 0.332. The normalized spacial score (nSPS) is 11.0. The second kappa shape index (κ2) is 4.47. The smallest absolute Gasteiger partial charge is 0.201 e. The first-order valence-electron chi connectivity index (χ1n) is 5.45. The van der Waals surface area contributed by atoms with Gasteiger partial charge in [0.15, 0.2) is 0 Å². The molecule has 0 bridgehead atoms. The Kier molecular flexibility index (Phi) is 2.81. The van der Waals surface area contributed by atoms with Crippen molar-refractivity contribution in [1.82, 2.24) is 20.2 Å². The highest BCUT2D eigenvalue weighted by atomic mass is 79.9. The number of pyridine rings is 1. The first-order chi connectivity index (χ1) is 8.78. The minimum Gasteiger partial charge on any atom is -0.324 e. The number of nitrogens with one attached hydrogen (secondary N) is 1. The van der Waals surface area contributed by atoms with Gasteiger partial charge in [0.1, 0.15) is 11.5 Å². The lowest BCUT2D eigenvalue weighted by molar-refractivity contribution is 0.917. The van der Waals surface area contributed by atoms with Crippen molar-refractivity contribution in [3.05, 3.63) is 40.6 Å². The number of fused-ring (bicyclic) bond motifs is 1. The number of nitrogens with zero attached hydrogens (tertiary/aromatic N) is 3. The van der Waals surface area contributed by atoms with Crippen LogP contribution >= 0.6 is 15.9 Å². The maximum atomic E-state index is 5.50. The first-order valence-corrected chi connectivity index (χ1v) is 6.24. The number of aromatic nitrogens is 4. The predicted octanol–water partition coefficient (Wildman–Crippen LogP) is 2.24. The molecule has 0 saturated carbocycles. The standard InChI is InChI=1S/C12H10BrN5/c13-8-5-7-3-1-2-4-9(7)15-11(8)12-16-10(6-14)17-18-12/h1-5H,6,14H2,(H,16,17,18). The molecular formula is C12H10BrN5. The average molecular weight is 304 g/mol. The van der Waals surface area contributed by atoms with Crippen LogP contribution in [-0.4, -0.2) is 20.2 Å². The third-order valence-electron chi connectivity index (χ3n) is 2.61. The molecule has 18 heavy (non-hydrogen) atoms. The Balaban J connectivity index is 2.19. The highest BCUT2D eigenvalue weighted by Gasteiger charge is 2.11. The van der Waals surface area contributed by atoms with Crippen molar-refractivity contribution in [2.45, 2.75) is 6.54 Å². The second-order valence-electron chi connectivity index (χ2n) is 3.82. The van der Waals surface area contributed by atoms with Crippen molar-refractivity contribution in [3.63, 3.8) is 0 Å². The van der Waals surface area contributed by atoms with Crippen molar-refractivity contribution < 1.29 is 0 Å². The highest BCUT2D eigenvalue weighted by Crippen LogP contribution is 2.27. The molecule has 0 fully saturated rings. The predicted molar refractivity (Wildman–Crippen MR) is 72.7 cm³/mol. The molecule has 0 spiro atoms. The fraction of sp³-hybridized carbons (Fsp3) is 0.0833. The SMILES string of the molecule is NCc1nc(-c2nc3ccccc3cc2Br)n[nH]1. The van der Waals surface area contributed by atoms with Gasteiger partial charge in [-0.25, -0.2) is 9.97 Å². The monoisotopic (exact) mass is 303 g/mol. The van der Waals surface area contributed by atoms with Crippen molar-refractivity contribution in [2.75, 3.05) is 0 Å². The summed E-state index contributed by atoms with van der Waals surface area (Å²) >= 11 is 3.50. The number of nitrogens with two attached hydrogens (primary N) is 1. The summed E-state index contributed by atoms with van der Waals surface area (Å²) in [7, 11) is 0. The number of hydrogen-bond donors (Lipinski definition) is 2. The zero-order chi connectivity index (χ0) is 12.5. The number of rotatable bonds is 2. The van der Waals surface area contributed by atoms with E-state index in [0.717, 1.165) is 15.4 Å². The summed E-state index contributed by atoms with van der Waals surface area (Å²) < 4.78 is 0.865. The molecule has 0 aliphatic carbocycles. The van der Waals surface area contributed by atoms with E-state index in [1.165, 1.54) is 0 Å². The van der Waals surface area contributed by atoms with Crippen molar-refractivity contribution in [1.29, 1.82) is 0 Å². The van der Waals surface area contributed by atoms with Gasteiger partial charge in [0.2, 0.25) is 5.82 Å². The molecule has 0 aliphatic heterocycles. The maximum absolute atomic E-state index is 5.50. The lowest BCUT2D eigenvalue weighted by Gasteiger charge is -2.02. The summed E-state index contributed by atoms with van der Waals surface area (Å²) in [5.74, 6) is 1.19. The zero-order valence-electron chi connectivity index (χ0n) is 9.39. The molecular weight excluding hydrogens is 294 g/mol. The lowest BCUT2D eigenvalue weighted by atomic mass is 10.2. The Bertz CT molecular complexity index is 707. The van der Waals surface area contributed by atoms with E-state index in [4.69, 9.17) is 5.73 Å². The van der Waals surface area contributed by atoms with Crippen LogP contribution in [0, 0.1) is 0 Å². The van der Waals surface area contributed by atoms with E-state index >= 15 is 0 Å². The van der Waals surface area contributed by atoms with Crippen LogP contribution in [0.5, 0.6) is 0 Å². The van der Waals surface area contributed by atoms with Gasteiger partial charge in [-0.3, -0.25) is 5.10 Å². The molecule has 2 heterocycles. The van der Waals surface area contributed by atoms with Gasteiger partial charge in [-0.2, -0.15) is 5.10 Å². The summed E-state index contributed by atoms with van der Waals surface area (Å²) in [5, 5.41) is 7.97. The largest absolute Gasteiger partial charge is 0.324 e. The van der Waals surface area contributed by atoms with E-state index in [2.05, 4.69) is 36.1 Å². The number of H-pyrrole nitrogens is 1. The van der Waals surface area contributed by atoms with Crippen LogP contribution in [0.15, 0.2) is 34.8 Å². The molecule has 3 rings (SSSR count). The van der Waals surface area contributed by atoms with Crippen molar-refractivity contribution in [3.8, 4) is 11.5 Å². The Labute approximate surface area is 112 Å². The number of benzene rings is 1. The molecule has 3 N–H and O–H groups in total. The van der Waals surface area contributed by atoms with E-state index < -0.39 is 0 Å². The van der Waals surface area contributed by atoms with Crippen LogP contribution in [0.1, 0.15) is 5.82 Å². The van der Waals surface area contributed by atoms with E-state index in [1.807, 2.05) is 30.3 Å². The fourth-order valence-electron chi connectivity index (χ4n) is 1.74. The van der Waals surface area contributed by atoms with Crippen molar-refractivity contribution >= 4 is 26.8 Å². The average Bonchev–Trinajstić information content (AvgIpc) is 2.86. The molecule has 90 valence electrons. The summed E-state index contributed by atoms with van der Waals surface area (Å²) in [5.41, 5.74) is 7.13. The van der Waals surface area contributed by atoms with Crippen LogP contribution in [0.3, 0.4) is 0 Å². The van der Waals surface area contributed by atoms with Gasteiger partial charge >= 0.3 is 0 Å². The Morgan fingerprint density at radius 3 is 2.83 bits per heavy atom. The first kappa shape index (κ1) is 11.3. The molecule has 0 amide bonds. The Morgan fingerprint density at radius 1 is 1.22 bits per heavy atom. The molecule has 0 atom stereocenters. The number of para-hydroxylation sites is 1. The van der Waals surface area contributed by atoms with Gasteiger partial charge in [-0.05, 0) is 28.1 Å². The molecule has 0 unspecified atom stereocenters. The maximum Gasteiger partial charge on any atom is 0.201 e. The molecule has 6 heteroatoms. The summed E-state index contributed by atoms with van der Waals surface area (Å²) in [6.07, 6.45) is 0. The van der Waals surface area contributed by atoms with Crippen LogP contribution < -0.4 is 5.73 Å². The van der Waals surface area contributed by atoms with Gasteiger partial charge in [0.25, 0.3) is 0 Å². The van der Waals surface area contributed by atoms with E-state index in [9.17, 15) is 0 Å². The third-order valence-corrected chi connectivity index (χ3v) is 3.22. The van der Waals surface area contributed by atoms with E-state index in [0.29, 0.717) is 23.9 Å². The summed E-state index contributed by atoms with van der Waals surface area (Å²) in [4.78, 5) is 8.84. The number of halogens is 1. The Morgan fingerprint density at radius 2 is 2.06 bits per heavy atom. The molecule has 1 aromatic carbocycles. The van der Waals surface area contributed by atoms with Gasteiger partial charge in [-0.15, -0.1) is 0 Å². The van der Waals surface area contributed by atoms with Crippen LogP contribution in [0.4, 0.5) is 0 Å². The van der Waals surface area contributed by atoms with Gasteiger partial charge in [0, 0.05) is 9.86 Å². The summed E-state index contributed by atoms with van der Waals surface area (Å²) in [6, 6.07) is 9.92. The topological polar surface area (TPSA) is 80.5 Å². The zero-order valence-corrected chi connectivity index (χ0v) is 11.0. The molecule has 0 radical (unpaired) electrons. The van der Waals surface area contributed by atoms with Gasteiger partial charge < -0.3 is 5.73 Å². The van der Waals surface area contributed by atoms with E-state index in [-0.39, 0.29) is 0 Å². The highest BCUT2D eigenvalue weighted by molar-refractivity contribution is 9.10. The van der Waals surface area contributed by atoms with Crippen LogP contribution in [0.25, 0.3) is 22.4 Å². The quantitative estimate of drug-likeness (QED) is 0.761. The van der Waals surface area contributed by atoms with Gasteiger partial charge in [0.05, 0.1) is 12.1 Å². The number of hydrogen-bond acceptors (Lipinski definition) is 4. The second-order valence-corrected chi connectivity index (χ2v) is 4.68. The van der Waals surface area contributed by atoms with Crippen LogP contribution in [-0.2, 0) is 6.54 Å².